The van der Waals surface area contributed by atoms with Gasteiger partial charge in [0.15, 0.2) is 0 Å². The monoisotopic (exact) mass is 2060 g/mol. The zero-order valence-electron chi connectivity index (χ0n) is 84.8. The molecule has 0 N–H and O–H groups in total. The molecule has 2 radical (unpaired) electrons. The summed E-state index contributed by atoms with van der Waals surface area (Å²) in [5.74, 6) is -0.181. The number of hydrogen-bond acceptors (Lipinski definition) is 0. The van der Waals surface area contributed by atoms with E-state index in [9.17, 15) is 0 Å². The van der Waals surface area contributed by atoms with Crippen molar-refractivity contribution < 1.29 is 33.6 Å². The molecule has 0 saturated heterocycles. The van der Waals surface area contributed by atoms with Crippen molar-refractivity contribution in [3.63, 3.8) is 0 Å². The first kappa shape index (κ1) is 110. The molecule has 0 heterocycles. The van der Waals surface area contributed by atoms with Crippen molar-refractivity contribution in [3.05, 3.63) is 792 Å². The van der Waals surface area contributed by atoms with Crippen LogP contribution in [0.3, 0.4) is 0 Å². The van der Waals surface area contributed by atoms with E-state index in [-0.39, 0.29) is 57.2 Å². The molecule has 0 bridgehead atoms. The van der Waals surface area contributed by atoms with Crippen LogP contribution in [0.2, 0.25) is 0 Å². The summed E-state index contributed by atoms with van der Waals surface area (Å²) < 4.78 is 0. The van der Waals surface area contributed by atoms with Crippen LogP contribution in [0, 0.1) is 13.8 Å². The maximum absolute atomic E-state index is 6.42. The number of nitrogens with zero attached hydrogens (tertiary/aromatic N) is 2. The van der Waals surface area contributed by atoms with Crippen molar-refractivity contribution in [1.29, 1.82) is 0 Å². The summed E-state index contributed by atoms with van der Waals surface area (Å²) in [5, 5.41) is 7.51. The maximum atomic E-state index is 6.42. The fourth-order valence-corrected chi connectivity index (χ4v) is 26.7. The second-order valence-electron chi connectivity index (χ2n) is 35.5. The van der Waals surface area contributed by atoms with Crippen LogP contribution >= 0.6 is 0 Å². The van der Waals surface area contributed by atoms with E-state index in [0.29, 0.717) is 0 Å². The molecule has 0 aliphatic heterocycles. The predicted molar refractivity (Wildman–Crippen MR) is 637 cm³/mol. The second kappa shape index (κ2) is 62.2. The molecule has 740 valence electrons. The summed E-state index contributed by atoms with van der Waals surface area (Å²) in [7, 11) is -6.23. The molecular formula is C144H126Co2N2Si2-2. The number of rotatable bonds is 22. The third kappa shape index (κ3) is 32.1. The number of aryl methyl sites for hydroxylation is 2. The van der Waals surface area contributed by atoms with Gasteiger partial charge in [-0.25, -0.2) is 0 Å². The van der Waals surface area contributed by atoms with Crippen LogP contribution in [0.4, 0.5) is 11.4 Å². The third-order valence-electron chi connectivity index (χ3n) is 25.3. The molecule has 0 atom stereocenters. The van der Waals surface area contributed by atoms with Crippen molar-refractivity contribution >= 4 is 59.0 Å². The number of benzene rings is 23. The van der Waals surface area contributed by atoms with Crippen LogP contribution in [0.25, 0.3) is 9.96 Å². The Morgan fingerprint density at radius 3 is 0.313 bits per heavy atom. The molecule has 0 saturated carbocycles. The first-order valence-electron chi connectivity index (χ1n) is 50.9. The van der Waals surface area contributed by atoms with E-state index in [1.165, 1.54) is 109 Å². The zero-order chi connectivity index (χ0) is 101. The Labute approximate surface area is 914 Å². The van der Waals surface area contributed by atoms with Gasteiger partial charge in [-0.05, 0) is 58.4 Å². The van der Waals surface area contributed by atoms with Crippen LogP contribution < -0.4 is 31.1 Å². The van der Waals surface area contributed by atoms with Crippen molar-refractivity contribution in [1.82, 2.24) is 0 Å². The molecule has 0 amide bonds. The van der Waals surface area contributed by atoms with Gasteiger partial charge in [0.25, 0.3) is 0 Å². The van der Waals surface area contributed by atoms with E-state index in [4.69, 9.17) is 9.96 Å². The van der Waals surface area contributed by atoms with Crippen LogP contribution in [-0.2, 0) is 33.6 Å². The molecule has 2 nitrogen and oxygen atoms in total. The van der Waals surface area contributed by atoms with Gasteiger partial charge in [-0.1, -0.05) is 768 Å². The summed E-state index contributed by atoms with van der Waals surface area (Å²) in [6.07, 6.45) is 0. The Kier molecular flexibility index (Phi) is 45.7. The molecule has 150 heavy (non-hydrogen) atoms. The molecule has 23 rings (SSSR count). The zero-order valence-corrected chi connectivity index (χ0v) is 88.9. The van der Waals surface area contributed by atoms with Crippen LogP contribution in [0.1, 0.15) is 102 Å². The minimum atomic E-state index is -3.12. The van der Waals surface area contributed by atoms with Gasteiger partial charge in [0.1, 0.15) is 0 Å². The fraction of sp³-hybridized carbons (Fsp3) is 0.0417. The van der Waals surface area contributed by atoms with Crippen molar-refractivity contribution in [2.45, 2.75) is 37.5 Å². The van der Waals surface area contributed by atoms with Crippen molar-refractivity contribution in [2.75, 3.05) is 0 Å². The summed E-state index contributed by atoms with van der Waals surface area (Å²) >= 11 is 0. The standard InChI is InChI=1S/2C51H42NSi.7C6H6.2Co/c2*1-39-37-47(49(40-23-9-2-10-24-40)41-25-11-3-12-26-41)51(48(38-39)50(42-27-13-4-14-28-42)43-29-15-5-16-30-43)52-53(44-31-17-6-18-32-44,45-33-19-7-20-34-45)46-35-21-8-22-36-46;7*1-2-4-6-5-3-1;;/h2*2-38,49-50H,1H3;7*1-6H;;/q2*-1;;;;;;;;;. The molecule has 0 unspecified atom stereocenters. The Bertz CT molecular complexity index is 6040. The fourth-order valence-electron chi connectivity index (χ4n) is 18.7. The van der Waals surface area contributed by atoms with E-state index < -0.39 is 16.5 Å². The van der Waals surface area contributed by atoms with Gasteiger partial charge in [0.2, 0.25) is 0 Å². The normalized spacial score (nSPS) is 10.3. The smallest absolute Gasteiger partial charge is 0.0643 e. The van der Waals surface area contributed by atoms with E-state index in [2.05, 4.69) is 463 Å². The molecule has 0 aliphatic carbocycles. The van der Waals surface area contributed by atoms with Gasteiger partial charge in [0, 0.05) is 57.2 Å². The SMILES string of the molecule is Cc1cc(C(c2ccccc2)c2ccccc2)c([N-][Si](c2ccccc2)(c2ccccc2)c2ccccc2)c(C(c2ccccc2)c2ccccc2)c1.Cc1cc(C(c2ccccc2)c2ccccc2)c([N-][Si](c2ccccc2)(c2ccccc2)c2ccccc2)c(C(c2ccccc2)c2ccccc2)c1.[Co].[Co].c1ccccc1.c1ccccc1.c1ccccc1.c1ccccc1.c1ccccc1.c1ccccc1.c1ccccc1. The third-order valence-corrected chi connectivity index (χ3v) is 33.4. The minimum absolute atomic E-state index is 0. The van der Waals surface area contributed by atoms with E-state index in [1.807, 2.05) is 255 Å². The Morgan fingerprint density at radius 1 is 0.127 bits per heavy atom. The average Bonchev–Trinajstić information content (AvgIpc) is 0.733. The van der Waals surface area contributed by atoms with Gasteiger partial charge < -0.3 is 9.96 Å². The predicted octanol–water partition coefficient (Wildman–Crippen LogP) is 33.9. The quantitative estimate of drug-likeness (QED) is 0.0478. The Morgan fingerprint density at radius 2 is 0.213 bits per heavy atom. The molecule has 0 aromatic heterocycles. The summed E-state index contributed by atoms with van der Waals surface area (Å²) in [4.78, 5) is 12.8. The van der Waals surface area contributed by atoms with Crippen LogP contribution in [-0.4, -0.2) is 16.5 Å². The average molecular weight is 2060 g/mol. The Balaban J connectivity index is 0.000000177. The summed E-state index contributed by atoms with van der Waals surface area (Å²) in [6, 6.07) is 248. The largest absolute Gasteiger partial charge is 0.676 e. The molecular weight excluding hydrogens is 1930 g/mol. The van der Waals surface area contributed by atoms with Gasteiger partial charge in [-0.2, -0.15) is 0 Å². The van der Waals surface area contributed by atoms with Gasteiger partial charge in [0.05, 0.1) is 16.5 Å². The molecule has 0 fully saturated rings. The molecule has 23 aromatic carbocycles. The Hall–Kier alpha value is -16.9. The summed E-state index contributed by atoms with van der Waals surface area (Å²) in [6.45, 7) is 4.49. The van der Waals surface area contributed by atoms with E-state index in [1.54, 1.807) is 0 Å². The second-order valence-corrected chi connectivity index (χ2v) is 42.3. The molecule has 0 spiro atoms. The van der Waals surface area contributed by atoms with Crippen LogP contribution in [0.5, 0.6) is 0 Å². The minimum Gasteiger partial charge on any atom is -0.676 e. The molecule has 23 aromatic rings. The van der Waals surface area contributed by atoms with Gasteiger partial charge in [-0.3, -0.25) is 0 Å². The van der Waals surface area contributed by atoms with Gasteiger partial charge in [-0.15, -0.1) is 11.4 Å². The number of hydrogen-bond donors (Lipinski definition) is 0. The summed E-state index contributed by atoms with van der Waals surface area (Å²) in [5.41, 5.74) is 19.4. The van der Waals surface area contributed by atoms with Crippen molar-refractivity contribution in [2.24, 2.45) is 0 Å². The van der Waals surface area contributed by atoms with Crippen molar-refractivity contribution in [3.8, 4) is 0 Å². The maximum Gasteiger partial charge on any atom is 0.0643 e. The first-order chi connectivity index (χ1) is 73.4. The van der Waals surface area contributed by atoms with E-state index >= 15 is 0 Å². The van der Waals surface area contributed by atoms with Gasteiger partial charge >= 0.3 is 0 Å². The molecule has 0 aliphatic rings. The first-order valence-corrected chi connectivity index (χ1v) is 54.8. The topological polar surface area (TPSA) is 28.2 Å². The molecule has 6 heteroatoms. The van der Waals surface area contributed by atoms with Crippen LogP contribution in [0.15, 0.2) is 704 Å². The van der Waals surface area contributed by atoms with E-state index in [0.717, 1.165) is 11.4 Å².